The molecule has 33 heteroatoms. The fourth-order valence-electron chi connectivity index (χ4n) is 10.1. The first-order valence-corrected chi connectivity index (χ1v) is 25.0. The molecule has 30 atom stereocenters. The fraction of sp³-hybridized carbons (Fsp3) is 0.804. The van der Waals surface area contributed by atoms with Crippen LogP contribution in [-0.4, -0.2) is 321 Å². The maximum atomic E-state index is 11.9. The molecule has 19 N–H and O–H groups in total. The molecule has 79 heavy (non-hydrogen) atoms. The molecule has 450 valence electrons. The lowest BCUT2D eigenvalue weighted by Crippen LogP contribution is -2.68. The number of aryl methyl sites for hydroxylation is 1. The Morgan fingerprint density at radius 2 is 0.658 bits per heavy atom. The number of rotatable bonds is 18. The van der Waals surface area contributed by atoms with Gasteiger partial charge >= 0.3 is 5.63 Å². The lowest BCUT2D eigenvalue weighted by molar-refractivity contribution is -0.395. The average molecular weight is 1150 g/mol. The van der Waals surface area contributed by atoms with Crippen molar-refractivity contribution in [2.24, 2.45) is 0 Å². The smallest absolute Gasteiger partial charge is 0.336 e. The van der Waals surface area contributed by atoms with Gasteiger partial charge in [0.25, 0.3) is 0 Å². The number of ether oxygens (including phenoxy) is 12. The van der Waals surface area contributed by atoms with Gasteiger partial charge in [-0.2, -0.15) is 0 Å². The third-order valence-electron chi connectivity index (χ3n) is 14.6. The van der Waals surface area contributed by atoms with Gasteiger partial charge in [0, 0.05) is 17.5 Å². The lowest BCUT2D eigenvalue weighted by atomic mass is 9.95. The molecule has 6 fully saturated rings. The summed E-state index contributed by atoms with van der Waals surface area (Å²) in [6.45, 7) is -4.07. The average Bonchev–Trinajstić information content (AvgIpc) is 3.54. The standard InChI is InChI=1S/C46H68O33/c1-12-4-22(53)68-15-5-13(2-3-14(12)15)67-41-31(62)25(56)36(17(7-48)70-41)76-43-33(64)27(58)38(19(9-50)72-43)78-45-35(66)29(60)40(21(11-52)74-45)79-46-34(65)28(59)39(20(10-51)73-46)77-44-32(63)26(57)37(18(8-49)71-44)75-42-30(61)24(55)23(54)16(6-47)69-42/h2-5,16-21,23-52,54-66H,6-11H2,1H3/t16-,17-,18-,19-,20-,21-,23-,24+,25-,26-,27-,28-,29-,30-,31-,32-,33-,34-,35-,36-,37-,38-,39-,40-,41-,42+,43-,44+,45-,46-/m1/s1. The van der Waals surface area contributed by atoms with Gasteiger partial charge < -0.3 is 158 Å². The molecule has 0 unspecified atom stereocenters. The van der Waals surface area contributed by atoms with E-state index >= 15 is 0 Å². The number of aliphatic hydroxyl groups is 19. The summed E-state index contributed by atoms with van der Waals surface area (Å²) in [5, 5.41) is 204. The largest absolute Gasteiger partial charge is 0.462 e. The van der Waals surface area contributed by atoms with E-state index in [9.17, 15) is 102 Å². The van der Waals surface area contributed by atoms with E-state index in [0.717, 1.165) is 0 Å². The van der Waals surface area contributed by atoms with Gasteiger partial charge in [-0.1, -0.05) is 0 Å². The van der Waals surface area contributed by atoms with E-state index in [1.165, 1.54) is 18.2 Å². The van der Waals surface area contributed by atoms with Crippen LogP contribution in [0.25, 0.3) is 11.0 Å². The third-order valence-corrected chi connectivity index (χ3v) is 14.6. The highest BCUT2D eigenvalue weighted by atomic mass is 16.8. The first kappa shape index (κ1) is 62.1. The molecule has 0 bridgehead atoms. The predicted molar refractivity (Wildman–Crippen MR) is 245 cm³/mol. The van der Waals surface area contributed by atoms with E-state index in [-0.39, 0.29) is 11.3 Å². The van der Waals surface area contributed by atoms with Crippen LogP contribution in [0.4, 0.5) is 0 Å². The molecule has 0 spiro atoms. The minimum Gasteiger partial charge on any atom is -0.462 e. The lowest BCUT2D eigenvalue weighted by Gasteiger charge is -2.49. The van der Waals surface area contributed by atoms with Crippen LogP contribution in [0.1, 0.15) is 5.56 Å². The van der Waals surface area contributed by atoms with E-state index in [0.29, 0.717) is 10.9 Å². The van der Waals surface area contributed by atoms with Crippen molar-refractivity contribution in [3.63, 3.8) is 0 Å². The summed E-state index contributed by atoms with van der Waals surface area (Å²) in [5.41, 5.74) is 0.122. The highest BCUT2D eigenvalue weighted by Gasteiger charge is 2.57. The Labute approximate surface area is 445 Å². The summed E-state index contributed by atoms with van der Waals surface area (Å²) in [6, 6.07) is 5.67. The van der Waals surface area contributed by atoms with Crippen LogP contribution in [0.15, 0.2) is 33.5 Å². The summed E-state index contributed by atoms with van der Waals surface area (Å²) in [5.74, 6) is 0.0313. The number of hydrogen-bond donors (Lipinski definition) is 19. The highest BCUT2D eigenvalue weighted by molar-refractivity contribution is 5.81. The van der Waals surface area contributed by atoms with Crippen LogP contribution in [0.3, 0.4) is 0 Å². The molecule has 6 aliphatic heterocycles. The molecule has 0 amide bonds. The van der Waals surface area contributed by atoms with Crippen molar-refractivity contribution in [2.45, 2.75) is 191 Å². The van der Waals surface area contributed by atoms with Crippen molar-refractivity contribution in [1.29, 1.82) is 0 Å². The van der Waals surface area contributed by atoms with Gasteiger partial charge in [0.15, 0.2) is 31.5 Å². The van der Waals surface area contributed by atoms with Crippen molar-refractivity contribution < 1.29 is 158 Å². The predicted octanol–water partition coefficient (Wildman–Crippen LogP) is -11.6. The molecular formula is C46H68O33. The molecule has 6 saturated heterocycles. The van der Waals surface area contributed by atoms with Gasteiger partial charge in [0.2, 0.25) is 6.29 Å². The van der Waals surface area contributed by atoms with Crippen LogP contribution in [0.2, 0.25) is 0 Å². The Morgan fingerprint density at radius 3 is 0.987 bits per heavy atom. The van der Waals surface area contributed by atoms with Crippen molar-refractivity contribution in [2.75, 3.05) is 39.6 Å². The van der Waals surface area contributed by atoms with E-state index in [1.54, 1.807) is 13.0 Å². The molecule has 1 aromatic heterocycles. The summed E-state index contributed by atoms with van der Waals surface area (Å²) in [7, 11) is 0. The summed E-state index contributed by atoms with van der Waals surface area (Å²) < 4.78 is 72.9. The molecule has 33 nitrogen and oxygen atoms in total. The zero-order chi connectivity index (χ0) is 57.5. The second kappa shape index (κ2) is 26.3. The van der Waals surface area contributed by atoms with Crippen LogP contribution >= 0.6 is 0 Å². The van der Waals surface area contributed by atoms with Crippen molar-refractivity contribution in [3.8, 4) is 5.75 Å². The fourth-order valence-corrected chi connectivity index (χ4v) is 10.1. The quantitative estimate of drug-likeness (QED) is 0.0616. The Morgan fingerprint density at radius 1 is 0.367 bits per heavy atom. The topological polar surface area (TPSA) is 525 Å². The molecular weight excluding hydrogens is 1080 g/mol. The zero-order valence-electron chi connectivity index (χ0n) is 41.6. The van der Waals surface area contributed by atoms with Gasteiger partial charge in [-0.3, -0.25) is 0 Å². The normalized spacial score (nSPS) is 47.0. The first-order chi connectivity index (χ1) is 37.6. The van der Waals surface area contributed by atoms with Crippen LogP contribution < -0.4 is 10.4 Å². The maximum Gasteiger partial charge on any atom is 0.336 e. The molecule has 6 aliphatic rings. The Balaban J connectivity index is 0.864. The molecule has 0 radical (unpaired) electrons. The molecule has 0 aliphatic carbocycles. The number of benzene rings is 1. The summed E-state index contributed by atoms with van der Waals surface area (Å²) >= 11 is 0. The second-order valence-corrected chi connectivity index (χ2v) is 19.8. The second-order valence-electron chi connectivity index (χ2n) is 19.8. The van der Waals surface area contributed by atoms with Gasteiger partial charge in [-0.15, -0.1) is 0 Å². The van der Waals surface area contributed by atoms with E-state index in [1.807, 2.05) is 0 Å². The van der Waals surface area contributed by atoms with Gasteiger partial charge in [0.05, 0.1) is 39.6 Å². The molecule has 2 aromatic rings. The van der Waals surface area contributed by atoms with Crippen molar-refractivity contribution >= 4 is 11.0 Å². The minimum absolute atomic E-state index is 0.0313. The number of fused-ring (bicyclic) bond motifs is 1. The molecule has 7 heterocycles. The number of hydrogen-bond acceptors (Lipinski definition) is 33. The van der Waals surface area contributed by atoms with Gasteiger partial charge in [-0.25, -0.2) is 4.79 Å². The summed E-state index contributed by atoms with van der Waals surface area (Å²) in [6.07, 6.45) is -56.8. The van der Waals surface area contributed by atoms with Gasteiger partial charge in [0.1, 0.15) is 158 Å². The highest BCUT2D eigenvalue weighted by Crippen LogP contribution is 2.37. The molecule has 0 saturated carbocycles. The minimum atomic E-state index is -2.20. The van der Waals surface area contributed by atoms with Gasteiger partial charge in [-0.05, 0) is 24.6 Å². The van der Waals surface area contributed by atoms with Crippen molar-refractivity contribution in [3.05, 3.63) is 40.2 Å². The van der Waals surface area contributed by atoms with Crippen LogP contribution in [0.5, 0.6) is 5.75 Å². The Bertz CT molecular complexity index is 2310. The van der Waals surface area contributed by atoms with Crippen molar-refractivity contribution in [1.82, 2.24) is 0 Å². The zero-order valence-corrected chi connectivity index (χ0v) is 41.6. The van der Waals surface area contributed by atoms with Crippen LogP contribution in [-0.2, 0) is 52.1 Å². The Hall–Kier alpha value is -2.97. The maximum absolute atomic E-state index is 11.9. The van der Waals surface area contributed by atoms with E-state index in [4.69, 9.17) is 61.3 Å². The monoisotopic (exact) mass is 1150 g/mol. The van der Waals surface area contributed by atoms with E-state index in [2.05, 4.69) is 0 Å². The first-order valence-electron chi connectivity index (χ1n) is 25.0. The molecule has 8 rings (SSSR count). The molecule has 1 aromatic carbocycles. The van der Waals surface area contributed by atoms with Crippen LogP contribution in [0, 0.1) is 6.92 Å². The third kappa shape index (κ3) is 12.6. The summed E-state index contributed by atoms with van der Waals surface area (Å²) in [4.78, 5) is 11.9. The number of aliphatic hydroxyl groups excluding tert-OH is 19. The Kier molecular flexibility index (Phi) is 20.7. The van der Waals surface area contributed by atoms with E-state index < -0.39 is 230 Å². The SMILES string of the molecule is Cc1cc(=O)oc2cc(O[C@@H]3O[C@H](CO)[C@@H](O[C@H]4O[C@H](CO)[C@@H](O[C@H]5O[C@H](CO)[C@@H](O[C@H]6O[C@H](CO)[C@@H](O[C@@H]7O[C@H](CO)[C@@H](O[C@@H]8O[C@H](CO)[C@@H](O)[C@H](O)[C@H]8O)[C@H](O)[C@H]7O)[C@H](O)[C@H]6O)[C@H](O)[C@H]5O)[C@H](O)[C@H]4O)[C@H](O)[C@H]3O)ccc12.